The third-order valence-electron chi connectivity index (χ3n) is 6.46. The molecule has 0 spiro atoms. The maximum atomic E-state index is 14.2. The fraction of sp³-hybridized carbons (Fsp3) is 0.276. The molecule has 4 rings (SSSR count). The van der Waals surface area contributed by atoms with E-state index in [0.717, 1.165) is 17.2 Å². The van der Waals surface area contributed by atoms with Gasteiger partial charge in [0.2, 0.25) is 0 Å². The Kier molecular flexibility index (Phi) is 7.60. The van der Waals surface area contributed by atoms with Gasteiger partial charge in [-0.05, 0) is 35.7 Å². The first-order chi connectivity index (χ1) is 17.3. The summed E-state index contributed by atoms with van der Waals surface area (Å²) in [6, 6.07) is 23.3. The summed E-state index contributed by atoms with van der Waals surface area (Å²) >= 11 is 0. The van der Waals surface area contributed by atoms with Crippen LogP contribution in [0.4, 0.5) is 4.39 Å². The van der Waals surface area contributed by atoms with Gasteiger partial charge in [0.15, 0.2) is 5.78 Å². The van der Waals surface area contributed by atoms with Crippen molar-refractivity contribution in [1.82, 2.24) is 0 Å². The molecule has 1 aliphatic rings. The summed E-state index contributed by atoms with van der Waals surface area (Å²) in [5, 5.41) is 11.2. The summed E-state index contributed by atoms with van der Waals surface area (Å²) in [4.78, 5) is 39.8. The van der Waals surface area contributed by atoms with Gasteiger partial charge in [0, 0.05) is 12.3 Å². The van der Waals surface area contributed by atoms with Gasteiger partial charge < -0.3 is 14.6 Å². The van der Waals surface area contributed by atoms with Gasteiger partial charge in [-0.1, -0.05) is 72.8 Å². The molecule has 0 radical (unpaired) electrons. The van der Waals surface area contributed by atoms with Crippen LogP contribution in [0.25, 0.3) is 0 Å². The quantitative estimate of drug-likeness (QED) is 0.391. The Morgan fingerprint density at radius 3 is 2.00 bits per heavy atom. The van der Waals surface area contributed by atoms with Crippen LogP contribution >= 0.6 is 0 Å². The Bertz CT molecular complexity index is 1220. The second-order valence-corrected chi connectivity index (χ2v) is 9.22. The predicted octanol–water partition coefficient (Wildman–Crippen LogP) is 4.35. The number of carbonyl (C=O) groups is 3. The Labute approximate surface area is 208 Å². The van der Waals surface area contributed by atoms with Crippen LogP contribution in [0.15, 0.2) is 84.9 Å². The molecule has 0 saturated heterocycles. The smallest absolute Gasteiger partial charge is 0.317 e. The molecule has 0 bridgehead atoms. The lowest BCUT2D eigenvalue weighted by Crippen LogP contribution is -2.55. The van der Waals surface area contributed by atoms with Crippen LogP contribution in [0, 0.1) is 17.7 Å². The number of Topliss-reactive ketones (excluding diaryl/α,β-unsaturated/α-hetero) is 1. The molecular weight excluding hydrogens is 463 g/mol. The van der Waals surface area contributed by atoms with E-state index in [1.807, 2.05) is 12.1 Å². The van der Waals surface area contributed by atoms with Crippen molar-refractivity contribution in [1.29, 1.82) is 0 Å². The van der Waals surface area contributed by atoms with E-state index >= 15 is 0 Å². The zero-order chi connectivity index (χ0) is 25.7. The van der Waals surface area contributed by atoms with Crippen molar-refractivity contribution in [2.45, 2.75) is 38.1 Å². The number of benzene rings is 3. The van der Waals surface area contributed by atoms with Crippen LogP contribution < -0.4 is 0 Å². The average molecular weight is 491 g/mol. The highest BCUT2D eigenvalue weighted by molar-refractivity contribution is 6.02. The van der Waals surface area contributed by atoms with Crippen LogP contribution in [0.2, 0.25) is 0 Å². The fourth-order valence-electron chi connectivity index (χ4n) is 4.77. The number of aliphatic hydroxyl groups is 1. The van der Waals surface area contributed by atoms with E-state index in [9.17, 15) is 23.9 Å². The van der Waals surface area contributed by atoms with Gasteiger partial charge in [-0.25, -0.2) is 4.39 Å². The number of carbonyl (C=O) groups excluding carboxylic acids is 3. The summed E-state index contributed by atoms with van der Waals surface area (Å²) in [6.45, 7) is 1.23. The number of ketones is 1. The third-order valence-corrected chi connectivity index (χ3v) is 6.46. The molecule has 6 nitrogen and oxygen atoms in total. The highest BCUT2D eigenvalue weighted by Gasteiger charge is 2.57. The van der Waals surface area contributed by atoms with E-state index in [-0.39, 0.29) is 18.8 Å². The minimum absolute atomic E-state index is 0.0564. The first kappa shape index (κ1) is 25.3. The molecule has 3 aromatic carbocycles. The lowest BCUT2D eigenvalue weighted by atomic mass is 9.61. The SMILES string of the molecule is C[C@]1(O)CC(=O)[C@H](C(=O)OCc2ccccc2)[C@@H](c2cccc(F)c2)[C@@H]1C(=O)OCc1ccccc1. The number of hydrogen-bond acceptors (Lipinski definition) is 6. The van der Waals surface area contributed by atoms with Crippen molar-refractivity contribution in [2.75, 3.05) is 0 Å². The van der Waals surface area contributed by atoms with Crippen LogP contribution in [0.5, 0.6) is 0 Å². The summed E-state index contributed by atoms with van der Waals surface area (Å²) in [5.41, 5.74) is -0.134. The van der Waals surface area contributed by atoms with Crippen molar-refractivity contribution in [3.8, 4) is 0 Å². The van der Waals surface area contributed by atoms with Crippen molar-refractivity contribution < 1.29 is 33.4 Å². The molecule has 3 aromatic rings. The van der Waals surface area contributed by atoms with Crippen LogP contribution in [-0.2, 0) is 37.1 Å². The molecule has 7 heteroatoms. The van der Waals surface area contributed by atoms with E-state index in [2.05, 4.69) is 0 Å². The zero-order valence-corrected chi connectivity index (χ0v) is 19.8. The van der Waals surface area contributed by atoms with E-state index in [1.54, 1.807) is 48.5 Å². The fourth-order valence-corrected chi connectivity index (χ4v) is 4.77. The van der Waals surface area contributed by atoms with Gasteiger partial charge in [0.05, 0.1) is 11.5 Å². The maximum Gasteiger partial charge on any atom is 0.317 e. The number of hydrogen-bond donors (Lipinski definition) is 1. The topological polar surface area (TPSA) is 89.9 Å². The molecule has 36 heavy (non-hydrogen) atoms. The van der Waals surface area contributed by atoms with E-state index < -0.39 is 53.3 Å². The monoisotopic (exact) mass is 490 g/mol. The molecule has 1 fully saturated rings. The summed E-state index contributed by atoms with van der Waals surface area (Å²) < 4.78 is 25.2. The molecule has 0 unspecified atom stereocenters. The molecule has 1 N–H and O–H groups in total. The second kappa shape index (κ2) is 10.8. The molecule has 0 aliphatic heterocycles. The number of ether oxygens (including phenoxy) is 2. The van der Waals surface area contributed by atoms with Gasteiger partial charge in [-0.15, -0.1) is 0 Å². The maximum absolute atomic E-state index is 14.2. The lowest BCUT2D eigenvalue weighted by molar-refractivity contribution is -0.174. The average Bonchev–Trinajstić information content (AvgIpc) is 2.86. The third kappa shape index (κ3) is 5.69. The minimum Gasteiger partial charge on any atom is -0.461 e. The summed E-state index contributed by atoms with van der Waals surface area (Å²) in [5.74, 6) is -6.71. The normalized spacial score (nSPS) is 23.6. The summed E-state index contributed by atoms with van der Waals surface area (Å²) in [7, 11) is 0. The van der Waals surface area contributed by atoms with Crippen LogP contribution in [0.1, 0.15) is 36.0 Å². The summed E-state index contributed by atoms with van der Waals surface area (Å²) in [6.07, 6.45) is -0.449. The van der Waals surface area contributed by atoms with Gasteiger partial charge >= 0.3 is 11.9 Å². The first-order valence-electron chi connectivity index (χ1n) is 11.7. The zero-order valence-electron chi connectivity index (χ0n) is 19.8. The van der Waals surface area contributed by atoms with Crippen molar-refractivity contribution >= 4 is 17.7 Å². The largest absolute Gasteiger partial charge is 0.461 e. The van der Waals surface area contributed by atoms with Gasteiger partial charge in [-0.3, -0.25) is 14.4 Å². The van der Waals surface area contributed by atoms with E-state index in [1.165, 1.54) is 25.1 Å². The Morgan fingerprint density at radius 1 is 0.889 bits per heavy atom. The molecule has 0 heterocycles. The molecule has 0 amide bonds. The van der Waals surface area contributed by atoms with E-state index in [4.69, 9.17) is 9.47 Å². The molecule has 4 atom stereocenters. The van der Waals surface area contributed by atoms with Crippen molar-refractivity contribution in [3.63, 3.8) is 0 Å². The van der Waals surface area contributed by atoms with Gasteiger partial charge in [0.25, 0.3) is 0 Å². The molecule has 186 valence electrons. The van der Waals surface area contributed by atoms with Gasteiger partial charge in [-0.2, -0.15) is 0 Å². The Morgan fingerprint density at radius 2 is 1.44 bits per heavy atom. The lowest BCUT2D eigenvalue weighted by Gasteiger charge is -2.43. The Hall–Kier alpha value is -3.84. The van der Waals surface area contributed by atoms with Crippen LogP contribution in [0.3, 0.4) is 0 Å². The number of rotatable bonds is 7. The molecule has 1 aliphatic carbocycles. The second-order valence-electron chi connectivity index (χ2n) is 9.22. The first-order valence-corrected chi connectivity index (χ1v) is 11.7. The highest BCUT2D eigenvalue weighted by Crippen LogP contribution is 2.47. The van der Waals surface area contributed by atoms with Crippen LogP contribution in [-0.4, -0.2) is 28.4 Å². The standard InChI is InChI=1S/C29H27FO6/c1-29(34)16-23(31)25(27(32)35-17-19-9-4-2-5-10-19)24(21-13-8-14-22(30)15-21)26(29)28(33)36-18-20-11-6-3-7-12-20/h2-15,24-26,34H,16-18H2,1H3/t24-,25+,26-,29+/m1/s1. The van der Waals surface area contributed by atoms with E-state index in [0.29, 0.717) is 0 Å². The molecule has 0 aromatic heterocycles. The Balaban J connectivity index is 1.66. The number of halogens is 1. The predicted molar refractivity (Wildman–Crippen MR) is 129 cm³/mol. The van der Waals surface area contributed by atoms with Crippen molar-refractivity contribution in [2.24, 2.45) is 11.8 Å². The number of esters is 2. The molecule has 1 saturated carbocycles. The minimum atomic E-state index is -1.82. The van der Waals surface area contributed by atoms with Gasteiger partial charge in [0.1, 0.15) is 24.9 Å². The highest BCUT2D eigenvalue weighted by atomic mass is 19.1. The molecular formula is C29H27FO6. The van der Waals surface area contributed by atoms with Crippen molar-refractivity contribution in [3.05, 3.63) is 107 Å².